The van der Waals surface area contributed by atoms with Gasteiger partial charge in [-0.15, -0.1) is 0 Å². The molecule has 1 unspecified atom stereocenters. The summed E-state index contributed by atoms with van der Waals surface area (Å²) in [5.41, 5.74) is 4.09. The van der Waals surface area contributed by atoms with E-state index in [9.17, 15) is 5.11 Å². The zero-order valence-corrected chi connectivity index (χ0v) is 12.2. The summed E-state index contributed by atoms with van der Waals surface area (Å²) in [6.07, 6.45) is 9.19. The lowest BCUT2D eigenvalue weighted by Gasteiger charge is -2.29. The van der Waals surface area contributed by atoms with Crippen molar-refractivity contribution in [2.45, 2.75) is 24.9 Å². The van der Waals surface area contributed by atoms with Gasteiger partial charge >= 0.3 is 0 Å². The molecule has 0 saturated carbocycles. The molecule has 2 aromatic heterocycles. The largest absolute Gasteiger partial charge is 0.394 e. The van der Waals surface area contributed by atoms with Crippen LogP contribution in [-0.4, -0.2) is 26.1 Å². The number of fused-ring (bicyclic) bond motifs is 2. The predicted octanol–water partition coefficient (Wildman–Crippen LogP) is 1.65. The van der Waals surface area contributed by atoms with E-state index in [1.54, 1.807) is 12.4 Å². The van der Waals surface area contributed by atoms with E-state index in [1.165, 1.54) is 11.1 Å². The van der Waals surface area contributed by atoms with Crippen molar-refractivity contribution in [2.75, 3.05) is 6.61 Å². The van der Waals surface area contributed by atoms with Crippen LogP contribution in [-0.2, 0) is 18.5 Å². The number of aryl methyl sites for hydroxylation is 1. The maximum absolute atomic E-state index is 10.0. The molecule has 0 bridgehead atoms. The van der Waals surface area contributed by atoms with Crippen LogP contribution in [0.25, 0.3) is 5.65 Å². The summed E-state index contributed by atoms with van der Waals surface area (Å²) in [6, 6.07) is 8.36. The maximum atomic E-state index is 10.0. The van der Waals surface area contributed by atoms with Crippen LogP contribution >= 0.6 is 0 Å². The van der Waals surface area contributed by atoms with E-state index in [4.69, 9.17) is 0 Å². The van der Waals surface area contributed by atoms with E-state index in [0.29, 0.717) is 6.54 Å². The number of nitrogens with one attached hydrogen (secondary N) is 1. The molecule has 0 saturated heterocycles. The van der Waals surface area contributed by atoms with Gasteiger partial charge in [0.05, 0.1) is 30.2 Å². The van der Waals surface area contributed by atoms with Crippen LogP contribution in [0, 0.1) is 0 Å². The van der Waals surface area contributed by atoms with Gasteiger partial charge in [0.15, 0.2) is 5.65 Å². The van der Waals surface area contributed by atoms with Crippen molar-refractivity contribution >= 4 is 5.65 Å². The first-order valence-corrected chi connectivity index (χ1v) is 7.53. The second-order valence-corrected chi connectivity index (χ2v) is 5.80. The highest BCUT2D eigenvalue weighted by atomic mass is 16.3. The SMILES string of the molecule is OCC1(NCc2cnc3cnccn23)CCc2ccccc21. The number of aliphatic hydroxyl groups excluding tert-OH is 1. The molecule has 22 heavy (non-hydrogen) atoms. The smallest absolute Gasteiger partial charge is 0.155 e. The third-order valence-corrected chi connectivity index (χ3v) is 4.63. The second-order valence-electron chi connectivity index (χ2n) is 5.80. The summed E-state index contributed by atoms with van der Waals surface area (Å²) in [4.78, 5) is 8.43. The summed E-state index contributed by atoms with van der Waals surface area (Å²) in [5, 5.41) is 13.6. The number of imidazole rings is 1. The Morgan fingerprint density at radius 1 is 1.27 bits per heavy atom. The topological polar surface area (TPSA) is 62.5 Å². The fourth-order valence-electron chi connectivity index (χ4n) is 3.38. The molecule has 0 aliphatic heterocycles. The molecule has 0 amide bonds. The first-order valence-electron chi connectivity index (χ1n) is 7.53. The Morgan fingerprint density at radius 2 is 2.18 bits per heavy atom. The number of nitrogens with zero attached hydrogens (tertiary/aromatic N) is 3. The van der Waals surface area contributed by atoms with Gasteiger partial charge in [0.25, 0.3) is 0 Å². The first kappa shape index (κ1) is 13.4. The third-order valence-electron chi connectivity index (χ3n) is 4.63. The Balaban J connectivity index is 1.63. The molecule has 2 heterocycles. The molecule has 1 aromatic carbocycles. The van der Waals surface area contributed by atoms with Crippen molar-refractivity contribution in [2.24, 2.45) is 0 Å². The molecule has 4 rings (SSSR count). The highest BCUT2D eigenvalue weighted by Crippen LogP contribution is 2.36. The number of hydrogen-bond acceptors (Lipinski definition) is 4. The Morgan fingerprint density at radius 3 is 3.09 bits per heavy atom. The van der Waals surface area contributed by atoms with Crippen molar-refractivity contribution in [1.82, 2.24) is 19.7 Å². The fourth-order valence-corrected chi connectivity index (χ4v) is 3.38. The Labute approximate surface area is 128 Å². The van der Waals surface area contributed by atoms with Crippen LogP contribution in [0.1, 0.15) is 23.2 Å². The fraction of sp³-hybridized carbons (Fsp3) is 0.294. The lowest BCUT2D eigenvalue weighted by atomic mass is 9.92. The maximum Gasteiger partial charge on any atom is 0.155 e. The molecule has 2 N–H and O–H groups in total. The number of aliphatic hydroxyl groups is 1. The van der Waals surface area contributed by atoms with Crippen molar-refractivity contribution < 1.29 is 5.11 Å². The normalized spacial score (nSPS) is 20.4. The molecule has 5 nitrogen and oxygen atoms in total. The highest BCUT2D eigenvalue weighted by molar-refractivity contribution is 5.40. The van der Waals surface area contributed by atoms with Gasteiger partial charge in [0.2, 0.25) is 0 Å². The van der Waals surface area contributed by atoms with Crippen LogP contribution in [0.2, 0.25) is 0 Å². The molecular formula is C17H18N4O. The van der Waals surface area contributed by atoms with E-state index in [2.05, 4.69) is 33.5 Å². The van der Waals surface area contributed by atoms with Crippen LogP contribution in [0.15, 0.2) is 49.1 Å². The average Bonchev–Trinajstić information content (AvgIpc) is 3.15. The van der Waals surface area contributed by atoms with Gasteiger partial charge in [-0.2, -0.15) is 0 Å². The minimum atomic E-state index is -0.353. The number of benzene rings is 1. The minimum absolute atomic E-state index is 0.0995. The van der Waals surface area contributed by atoms with Gasteiger partial charge in [-0.1, -0.05) is 24.3 Å². The summed E-state index contributed by atoms with van der Waals surface area (Å²) < 4.78 is 2.02. The molecule has 1 atom stereocenters. The van der Waals surface area contributed by atoms with Crippen LogP contribution in [0.3, 0.4) is 0 Å². The molecule has 5 heteroatoms. The van der Waals surface area contributed by atoms with Gasteiger partial charge < -0.3 is 5.11 Å². The molecule has 1 aliphatic carbocycles. The zero-order chi connectivity index (χ0) is 15.0. The van der Waals surface area contributed by atoms with Crippen LogP contribution in [0.4, 0.5) is 0 Å². The standard InChI is InChI=1S/C17H18N4O/c22-12-17(6-5-13-3-1-2-4-15(13)17)20-10-14-9-19-16-11-18-7-8-21(14)16/h1-4,7-9,11,20,22H,5-6,10,12H2. The number of aromatic nitrogens is 3. The molecule has 3 aromatic rings. The molecule has 0 fully saturated rings. The van der Waals surface area contributed by atoms with Gasteiger partial charge in [0, 0.05) is 18.9 Å². The molecule has 0 radical (unpaired) electrons. The third kappa shape index (κ3) is 2.01. The quantitative estimate of drug-likeness (QED) is 0.768. The molecule has 1 aliphatic rings. The van der Waals surface area contributed by atoms with Crippen molar-refractivity contribution in [3.8, 4) is 0 Å². The monoisotopic (exact) mass is 294 g/mol. The summed E-state index contributed by atoms with van der Waals surface area (Å²) in [5.74, 6) is 0. The second kappa shape index (κ2) is 5.19. The number of hydrogen-bond donors (Lipinski definition) is 2. The lowest BCUT2D eigenvalue weighted by Crippen LogP contribution is -2.43. The van der Waals surface area contributed by atoms with Gasteiger partial charge in [-0.25, -0.2) is 4.98 Å². The molecular weight excluding hydrogens is 276 g/mol. The van der Waals surface area contributed by atoms with Crippen LogP contribution in [0.5, 0.6) is 0 Å². The Kier molecular flexibility index (Phi) is 3.17. The van der Waals surface area contributed by atoms with E-state index in [1.807, 2.05) is 22.9 Å². The van der Waals surface area contributed by atoms with Gasteiger partial charge in [0.1, 0.15) is 0 Å². The molecule has 112 valence electrons. The number of rotatable bonds is 4. The Bertz CT molecular complexity index is 813. The van der Waals surface area contributed by atoms with Crippen LogP contribution < -0.4 is 5.32 Å². The van der Waals surface area contributed by atoms with Crippen molar-refractivity contribution in [3.63, 3.8) is 0 Å². The average molecular weight is 294 g/mol. The van der Waals surface area contributed by atoms with E-state index < -0.39 is 0 Å². The van der Waals surface area contributed by atoms with E-state index in [-0.39, 0.29) is 12.1 Å². The minimum Gasteiger partial charge on any atom is -0.394 e. The van der Waals surface area contributed by atoms with E-state index in [0.717, 1.165) is 24.2 Å². The highest BCUT2D eigenvalue weighted by Gasteiger charge is 2.37. The lowest BCUT2D eigenvalue weighted by molar-refractivity contribution is 0.158. The zero-order valence-electron chi connectivity index (χ0n) is 12.2. The summed E-state index contributed by atoms with van der Waals surface area (Å²) >= 11 is 0. The Hall–Kier alpha value is -2.24. The summed E-state index contributed by atoms with van der Waals surface area (Å²) in [7, 11) is 0. The predicted molar refractivity (Wildman–Crippen MR) is 83.4 cm³/mol. The first-order chi connectivity index (χ1) is 10.8. The van der Waals surface area contributed by atoms with Crippen molar-refractivity contribution in [1.29, 1.82) is 0 Å². The molecule has 0 spiro atoms. The van der Waals surface area contributed by atoms with Crippen molar-refractivity contribution in [3.05, 3.63) is 65.9 Å². The van der Waals surface area contributed by atoms with Gasteiger partial charge in [-0.3, -0.25) is 14.7 Å². The van der Waals surface area contributed by atoms with E-state index >= 15 is 0 Å². The van der Waals surface area contributed by atoms with Gasteiger partial charge in [-0.05, 0) is 24.0 Å². The summed E-state index contributed by atoms with van der Waals surface area (Å²) in [6.45, 7) is 0.752.